The van der Waals surface area contributed by atoms with Crippen LogP contribution in [-0.2, 0) is 4.79 Å². The van der Waals surface area contributed by atoms with Crippen LogP contribution >= 0.6 is 0 Å². The molecule has 1 aliphatic carbocycles. The van der Waals surface area contributed by atoms with Crippen LogP contribution in [0.5, 0.6) is 0 Å². The monoisotopic (exact) mass is 329 g/mol. The molecule has 2 aliphatic rings. The van der Waals surface area contributed by atoms with Gasteiger partial charge in [-0.05, 0) is 62.8 Å². The topological polar surface area (TPSA) is 44.4 Å². The zero-order chi connectivity index (χ0) is 16.8. The molecule has 4 heteroatoms. The SMILES string of the molecule is CCCCC(NCC1CC1)C(=O)Nc1cccc(N2CCCC2)c1. The Labute approximate surface area is 146 Å². The zero-order valence-electron chi connectivity index (χ0n) is 14.9. The summed E-state index contributed by atoms with van der Waals surface area (Å²) >= 11 is 0. The quantitative estimate of drug-likeness (QED) is 0.724. The van der Waals surface area contributed by atoms with E-state index < -0.39 is 0 Å². The number of rotatable bonds is 9. The van der Waals surface area contributed by atoms with E-state index in [1.165, 1.54) is 31.4 Å². The first-order chi connectivity index (χ1) is 11.8. The van der Waals surface area contributed by atoms with Crippen LogP contribution in [0.1, 0.15) is 51.9 Å². The van der Waals surface area contributed by atoms with E-state index in [2.05, 4.69) is 34.6 Å². The third-order valence-electron chi connectivity index (χ3n) is 5.10. The molecule has 2 fully saturated rings. The van der Waals surface area contributed by atoms with Crippen LogP contribution in [0, 0.1) is 5.92 Å². The maximum atomic E-state index is 12.7. The lowest BCUT2D eigenvalue weighted by molar-refractivity contribution is -0.118. The average Bonchev–Trinajstić information content (AvgIpc) is 3.25. The molecule has 1 heterocycles. The van der Waals surface area contributed by atoms with Crippen molar-refractivity contribution in [3.63, 3.8) is 0 Å². The Morgan fingerprint density at radius 1 is 1.29 bits per heavy atom. The summed E-state index contributed by atoms with van der Waals surface area (Å²) in [5, 5.41) is 6.61. The van der Waals surface area contributed by atoms with Crippen molar-refractivity contribution in [2.45, 2.75) is 57.9 Å². The summed E-state index contributed by atoms with van der Waals surface area (Å²) in [5.41, 5.74) is 2.14. The standard InChI is InChI=1S/C20H31N3O/c1-2-3-9-19(21-15-16-10-11-16)20(24)22-17-7-6-8-18(14-17)23-12-4-5-13-23/h6-8,14,16,19,21H,2-5,9-13,15H2,1H3,(H,22,24). The summed E-state index contributed by atoms with van der Waals surface area (Å²) < 4.78 is 0. The van der Waals surface area contributed by atoms with Crippen molar-refractivity contribution >= 4 is 17.3 Å². The highest BCUT2D eigenvalue weighted by Crippen LogP contribution is 2.28. The van der Waals surface area contributed by atoms with E-state index in [1.54, 1.807) is 0 Å². The third-order valence-corrected chi connectivity index (χ3v) is 5.10. The first kappa shape index (κ1) is 17.3. The number of amides is 1. The van der Waals surface area contributed by atoms with Crippen molar-refractivity contribution in [3.8, 4) is 0 Å². The van der Waals surface area contributed by atoms with Crippen LogP contribution in [0.15, 0.2) is 24.3 Å². The van der Waals surface area contributed by atoms with Crippen LogP contribution in [-0.4, -0.2) is 31.6 Å². The van der Waals surface area contributed by atoms with Gasteiger partial charge < -0.3 is 15.5 Å². The number of carbonyl (C=O) groups is 1. The Kier molecular flexibility index (Phi) is 6.13. The van der Waals surface area contributed by atoms with Gasteiger partial charge in [-0.1, -0.05) is 25.8 Å². The van der Waals surface area contributed by atoms with Gasteiger partial charge in [0, 0.05) is 24.5 Å². The smallest absolute Gasteiger partial charge is 0.241 e. The zero-order valence-corrected chi connectivity index (χ0v) is 14.9. The number of hydrogen-bond donors (Lipinski definition) is 2. The molecule has 1 amide bonds. The second kappa shape index (κ2) is 8.52. The Balaban J connectivity index is 1.58. The fraction of sp³-hybridized carbons (Fsp3) is 0.650. The molecule has 24 heavy (non-hydrogen) atoms. The third kappa shape index (κ3) is 4.97. The minimum Gasteiger partial charge on any atom is -0.371 e. The first-order valence-corrected chi connectivity index (χ1v) is 9.65. The predicted molar refractivity (Wildman–Crippen MR) is 101 cm³/mol. The lowest BCUT2D eigenvalue weighted by Crippen LogP contribution is -2.41. The Bertz CT molecular complexity index is 535. The van der Waals surface area contributed by atoms with Crippen LogP contribution in [0.4, 0.5) is 11.4 Å². The maximum absolute atomic E-state index is 12.7. The molecule has 1 saturated heterocycles. The molecule has 1 aromatic carbocycles. The second-order valence-corrected chi connectivity index (χ2v) is 7.28. The van der Waals surface area contributed by atoms with E-state index in [-0.39, 0.29) is 11.9 Å². The van der Waals surface area contributed by atoms with Gasteiger partial charge in [-0.15, -0.1) is 0 Å². The van der Waals surface area contributed by atoms with E-state index in [1.807, 2.05) is 12.1 Å². The van der Waals surface area contributed by atoms with E-state index >= 15 is 0 Å². The molecule has 0 spiro atoms. The van der Waals surface area contributed by atoms with E-state index in [0.717, 1.165) is 50.5 Å². The normalized spacial score (nSPS) is 18.6. The molecule has 4 nitrogen and oxygen atoms in total. The van der Waals surface area contributed by atoms with Gasteiger partial charge in [0.25, 0.3) is 0 Å². The van der Waals surface area contributed by atoms with Crippen molar-refractivity contribution in [2.24, 2.45) is 5.92 Å². The molecule has 1 aliphatic heterocycles. The lowest BCUT2D eigenvalue weighted by atomic mass is 10.1. The highest BCUT2D eigenvalue weighted by Gasteiger charge is 2.25. The van der Waals surface area contributed by atoms with E-state index in [9.17, 15) is 4.79 Å². The number of hydrogen-bond acceptors (Lipinski definition) is 3. The molecular formula is C20H31N3O. The molecule has 0 aromatic heterocycles. The molecule has 132 valence electrons. The fourth-order valence-corrected chi connectivity index (χ4v) is 3.35. The Morgan fingerprint density at radius 3 is 2.79 bits per heavy atom. The van der Waals surface area contributed by atoms with Crippen molar-refractivity contribution in [1.82, 2.24) is 5.32 Å². The summed E-state index contributed by atoms with van der Waals surface area (Å²) in [7, 11) is 0. The van der Waals surface area contributed by atoms with Gasteiger partial charge in [-0.3, -0.25) is 4.79 Å². The maximum Gasteiger partial charge on any atom is 0.241 e. The van der Waals surface area contributed by atoms with Gasteiger partial charge in [0.15, 0.2) is 0 Å². The van der Waals surface area contributed by atoms with Crippen molar-refractivity contribution in [1.29, 1.82) is 0 Å². The summed E-state index contributed by atoms with van der Waals surface area (Å²) in [4.78, 5) is 15.1. The average molecular weight is 329 g/mol. The molecule has 2 N–H and O–H groups in total. The number of nitrogens with zero attached hydrogens (tertiary/aromatic N) is 1. The van der Waals surface area contributed by atoms with Gasteiger partial charge in [-0.25, -0.2) is 0 Å². The minimum atomic E-state index is -0.0685. The number of anilines is 2. The fourth-order valence-electron chi connectivity index (χ4n) is 3.35. The summed E-state index contributed by atoms with van der Waals surface area (Å²) in [6.07, 6.45) is 8.28. The van der Waals surface area contributed by atoms with Crippen LogP contribution in [0.25, 0.3) is 0 Å². The molecule has 0 bridgehead atoms. The molecule has 0 radical (unpaired) electrons. The Morgan fingerprint density at radius 2 is 2.08 bits per heavy atom. The van der Waals surface area contributed by atoms with Crippen LogP contribution < -0.4 is 15.5 Å². The van der Waals surface area contributed by atoms with Gasteiger partial charge in [0.2, 0.25) is 5.91 Å². The molecule has 3 rings (SSSR count). The van der Waals surface area contributed by atoms with E-state index in [4.69, 9.17) is 0 Å². The second-order valence-electron chi connectivity index (χ2n) is 7.28. The van der Waals surface area contributed by atoms with Crippen molar-refractivity contribution < 1.29 is 4.79 Å². The number of benzene rings is 1. The highest BCUT2D eigenvalue weighted by molar-refractivity contribution is 5.95. The lowest BCUT2D eigenvalue weighted by Gasteiger charge is -2.20. The molecule has 1 aromatic rings. The van der Waals surface area contributed by atoms with Gasteiger partial charge >= 0.3 is 0 Å². The summed E-state index contributed by atoms with van der Waals surface area (Å²) in [5.74, 6) is 0.906. The number of unbranched alkanes of at least 4 members (excludes halogenated alkanes) is 1. The Hall–Kier alpha value is -1.55. The van der Waals surface area contributed by atoms with Crippen molar-refractivity contribution in [3.05, 3.63) is 24.3 Å². The number of nitrogens with one attached hydrogen (secondary N) is 2. The van der Waals surface area contributed by atoms with Crippen LogP contribution in [0.3, 0.4) is 0 Å². The van der Waals surface area contributed by atoms with Gasteiger partial charge in [-0.2, -0.15) is 0 Å². The molecule has 1 unspecified atom stereocenters. The predicted octanol–water partition coefficient (Wildman–Crippen LogP) is 3.78. The van der Waals surface area contributed by atoms with Crippen LogP contribution in [0.2, 0.25) is 0 Å². The molecular weight excluding hydrogens is 298 g/mol. The van der Waals surface area contributed by atoms with Crippen molar-refractivity contribution in [2.75, 3.05) is 29.9 Å². The summed E-state index contributed by atoms with van der Waals surface area (Å²) in [6, 6.07) is 8.22. The number of carbonyl (C=O) groups excluding carboxylic acids is 1. The molecule has 1 saturated carbocycles. The molecule has 1 atom stereocenters. The summed E-state index contributed by atoms with van der Waals surface area (Å²) in [6.45, 7) is 5.41. The van der Waals surface area contributed by atoms with Gasteiger partial charge in [0.05, 0.1) is 6.04 Å². The van der Waals surface area contributed by atoms with E-state index in [0.29, 0.717) is 0 Å². The largest absolute Gasteiger partial charge is 0.371 e. The highest BCUT2D eigenvalue weighted by atomic mass is 16.2. The minimum absolute atomic E-state index is 0.0685. The first-order valence-electron chi connectivity index (χ1n) is 9.65. The van der Waals surface area contributed by atoms with Gasteiger partial charge in [0.1, 0.15) is 0 Å².